The Bertz CT molecular complexity index is 1220. The average Bonchev–Trinajstić information content (AvgIpc) is 3.15. The zero-order valence-corrected chi connectivity index (χ0v) is 17.8. The molecule has 4 aromatic rings. The Morgan fingerprint density at radius 3 is 2.39 bits per heavy atom. The lowest BCUT2D eigenvalue weighted by atomic mass is 9.94. The van der Waals surface area contributed by atoms with E-state index < -0.39 is 11.4 Å². The second-order valence-electron chi connectivity index (χ2n) is 6.76. The number of benzene rings is 2. The fourth-order valence-corrected chi connectivity index (χ4v) is 3.28. The van der Waals surface area contributed by atoms with Gasteiger partial charge in [0.05, 0.1) is 17.1 Å². The van der Waals surface area contributed by atoms with Gasteiger partial charge in [0.2, 0.25) is 0 Å². The molecule has 31 heavy (non-hydrogen) atoms. The SMILES string of the molecule is CC.Cc1ncnn1C.O=c1[nH]nc2c3c(cc(F)cc13)NC(c1ccc(F)cc1)C2. The molecule has 5 rings (SSSR count). The second-order valence-corrected chi connectivity index (χ2v) is 6.76. The number of aromatic nitrogens is 5. The molecule has 0 saturated carbocycles. The largest absolute Gasteiger partial charge is 0.377 e. The Balaban J connectivity index is 0.000000256. The summed E-state index contributed by atoms with van der Waals surface area (Å²) >= 11 is 0. The van der Waals surface area contributed by atoms with Crippen molar-refractivity contribution in [2.24, 2.45) is 7.05 Å². The Morgan fingerprint density at radius 1 is 1.10 bits per heavy atom. The maximum absolute atomic E-state index is 13.7. The van der Waals surface area contributed by atoms with E-state index in [1.165, 1.54) is 30.6 Å². The van der Waals surface area contributed by atoms with Crippen molar-refractivity contribution in [1.82, 2.24) is 25.0 Å². The molecule has 1 aliphatic heterocycles. The number of aromatic amines is 1. The van der Waals surface area contributed by atoms with Crippen molar-refractivity contribution in [1.29, 1.82) is 0 Å². The summed E-state index contributed by atoms with van der Waals surface area (Å²) in [6.07, 6.45) is 2.06. The van der Waals surface area contributed by atoms with Gasteiger partial charge >= 0.3 is 0 Å². The fourth-order valence-electron chi connectivity index (χ4n) is 3.28. The van der Waals surface area contributed by atoms with Crippen LogP contribution in [0.15, 0.2) is 47.5 Å². The van der Waals surface area contributed by atoms with Gasteiger partial charge in [0.25, 0.3) is 5.56 Å². The summed E-state index contributed by atoms with van der Waals surface area (Å²) in [6, 6.07) is 8.53. The Kier molecular flexibility index (Phi) is 6.74. The first-order valence-electron chi connectivity index (χ1n) is 9.96. The monoisotopic (exact) mass is 426 g/mol. The fraction of sp³-hybridized carbons (Fsp3) is 0.273. The van der Waals surface area contributed by atoms with E-state index >= 15 is 0 Å². The van der Waals surface area contributed by atoms with Crippen LogP contribution in [0.2, 0.25) is 0 Å². The van der Waals surface area contributed by atoms with Crippen molar-refractivity contribution >= 4 is 16.5 Å². The minimum atomic E-state index is -0.489. The van der Waals surface area contributed by atoms with Crippen molar-refractivity contribution in [2.45, 2.75) is 33.2 Å². The van der Waals surface area contributed by atoms with Gasteiger partial charge in [-0.05, 0) is 36.8 Å². The third kappa shape index (κ3) is 4.76. The topological polar surface area (TPSA) is 88.5 Å². The third-order valence-corrected chi connectivity index (χ3v) is 4.87. The van der Waals surface area contributed by atoms with Gasteiger partial charge in [0.15, 0.2) is 0 Å². The predicted octanol–water partition coefficient (Wildman–Crippen LogP) is 4.06. The molecule has 0 spiro atoms. The molecule has 162 valence electrons. The van der Waals surface area contributed by atoms with Crippen LogP contribution in [-0.2, 0) is 13.5 Å². The van der Waals surface area contributed by atoms with E-state index in [0.29, 0.717) is 23.2 Å². The Hall–Kier alpha value is -3.62. The molecule has 1 unspecified atom stereocenters. The van der Waals surface area contributed by atoms with Gasteiger partial charge in [-0.2, -0.15) is 10.2 Å². The third-order valence-electron chi connectivity index (χ3n) is 4.87. The highest BCUT2D eigenvalue weighted by Gasteiger charge is 2.24. The molecular formula is C22H24F2N6O. The van der Waals surface area contributed by atoms with E-state index in [2.05, 4.69) is 25.6 Å². The molecule has 9 heteroatoms. The van der Waals surface area contributed by atoms with Crippen LogP contribution in [0.4, 0.5) is 14.5 Å². The molecule has 2 N–H and O–H groups in total. The van der Waals surface area contributed by atoms with E-state index in [4.69, 9.17) is 0 Å². The molecule has 1 atom stereocenters. The van der Waals surface area contributed by atoms with Crippen molar-refractivity contribution in [3.63, 3.8) is 0 Å². The van der Waals surface area contributed by atoms with Crippen LogP contribution in [0.3, 0.4) is 0 Å². The molecule has 2 aromatic carbocycles. The minimum Gasteiger partial charge on any atom is -0.377 e. The van der Waals surface area contributed by atoms with Gasteiger partial charge in [0.1, 0.15) is 23.8 Å². The van der Waals surface area contributed by atoms with Gasteiger partial charge in [0, 0.05) is 24.5 Å². The van der Waals surface area contributed by atoms with Crippen molar-refractivity contribution in [3.8, 4) is 0 Å². The van der Waals surface area contributed by atoms with Crippen molar-refractivity contribution in [3.05, 3.63) is 81.8 Å². The summed E-state index contributed by atoms with van der Waals surface area (Å²) in [7, 11) is 1.86. The van der Waals surface area contributed by atoms with Crippen LogP contribution in [-0.4, -0.2) is 25.0 Å². The quantitative estimate of drug-likeness (QED) is 0.479. The van der Waals surface area contributed by atoms with Crippen LogP contribution < -0.4 is 10.9 Å². The smallest absolute Gasteiger partial charge is 0.272 e. The lowest BCUT2D eigenvalue weighted by Gasteiger charge is -2.26. The van der Waals surface area contributed by atoms with E-state index in [0.717, 1.165) is 11.4 Å². The van der Waals surface area contributed by atoms with E-state index in [1.807, 2.05) is 27.8 Å². The zero-order valence-electron chi connectivity index (χ0n) is 17.8. The lowest BCUT2D eigenvalue weighted by molar-refractivity contribution is 0.624. The highest BCUT2D eigenvalue weighted by atomic mass is 19.1. The van der Waals surface area contributed by atoms with Crippen molar-refractivity contribution in [2.75, 3.05) is 5.32 Å². The molecule has 1 aliphatic rings. The molecule has 0 bridgehead atoms. The van der Waals surface area contributed by atoms with Gasteiger partial charge < -0.3 is 5.32 Å². The number of halogens is 2. The number of hydrogen-bond donors (Lipinski definition) is 2. The standard InChI is InChI=1S/C16H11F2N3O.C4H7N3.C2H6/c17-9-3-1-8(2-4-9)12-7-14-15-11(16(22)21-20-14)5-10(18)6-13(15)19-12;1-4-5-3-6-7(4)2;1-2/h1-6,12,19H,7H2,(H,21,22);3H,1-2H3;1-2H3. The highest BCUT2D eigenvalue weighted by Crippen LogP contribution is 2.35. The molecule has 0 amide bonds. The molecule has 0 fully saturated rings. The molecule has 0 aliphatic carbocycles. The van der Waals surface area contributed by atoms with E-state index in [-0.39, 0.29) is 17.2 Å². The maximum atomic E-state index is 13.7. The van der Waals surface area contributed by atoms with Crippen LogP contribution in [0.5, 0.6) is 0 Å². The first-order valence-corrected chi connectivity index (χ1v) is 9.96. The van der Waals surface area contributed by atoms with Gasteiger partial charge in [-0.25, -0.2) is 18.9 Å². The van der Waals surface area contributed by atoms with Gasteiger partial charge in [-0.1, -0.05) is 26.0 Å². The first-order chi connectivity index (χ1) is 14.9. The summed E-state index contributed by atoms with van der Waals surface area (Å²) in [5.41, 5.74) is 1.68. The number of nitrogens with one attached hydrogen (secondary N) is 2. The summed E-state index contributed by atoms with van der Waals surface area (Å²) in [5.74, 6) is 0.146. The summed E-state index contributed by atoms with van der Waals surface area (Å²) in [6.45, 7) is 5.91. The van der Waals surface area contributed by atoms with E-state index in [1.54, 1.807) is 16.8 Å². The van der Waals surface area contributed by atoms with E-state index in [9.17, 15) is 13.6 Å². The number of H-pyrrole nitrogens is 1. The minimum absolute atomic E-state index is 0.156. The van der Waals surface area contributed by atoms with Crippen LogP contribution in [0.1, 0.15) is 37.0 Å². The number of rotatable bonds is 1. The highest BCUT2D eigenvalue weighted by molar-refractivity contribution is 5.96. The zero-order chi connectivity index (χ0) is 22.5. The first kappa shape index (κ1) is 22.1. The van der Waals surface area contributed by atoms with Crippen molar-refractivity contribution < 1.29 is 8.78 Å². The molecule has 0 saturated heterocycles. The molecule has 0 radical (unpaired) electrons. The average molecular weight is 426 g/mol. The number of nitrogens with zero attached hydrogens (tertiary/aromatic N) is 4. The molecule has 3 heterocycles. The normalized spacial score (nSPS) is 14.1. The van der Waals surface area contributed by atoms with Gasteiger partial charge in [-0.3, -0.25) is 9.48 Å². The summed E-state index contributed by atoms with van der Waals surface area (Å²) in [5, 5.41) is 14.4. The maximum Gasteiger partial charge on any atom is 0.272 e. The molecule has 2 aromatic heterocycles. The number of anilines is 1. The van der Waals surface area contributed by atoms with Crippen LogP contribution >= 0.6 is 0 Å². The number of aryl methyl sites for hydroxylation is 2. The van der Waals surface area contributed by atoms with Crippen LogP contribution in [0.25, 0.3) is 10.8 Å². The van der Waals surface area contributed by atoms with Gasteiger partial charge in [-0.15, -0.1) is 0 Å². The predicted molar refractivity (Wildman–Crippen MR) is 116 cm³/mol. The summed E-state index contributed by atoms with van der Waals surface area (Å²) < 4.78 is 28.5. The lowest BCUT2D eigenvalue weighted by Crippen LogP contribution is -2.23. The van der Waals surface area contributed by atoms with Crippen LogP contribution in [0, 0.1) is 18.6 Å². The molecular weight excluding hydrogens is 402 g/mol. The summed E-state index contributed by atoms with van der Waals surface area (Å²) in [4.78, 5) is 15.7. The Morgan fingerprint density at radius 2 is 1.81 bits per heavy atom. The second kappa shape index (κ2) is 9.46. The Labute approximate surface area is 178 Å². The number of hydrogen-bond acceptors (Lipinski definition) is 5. The molecule has 7 nitrogen and oxygen atoms in total.